The van der Waals surface area contributed by atoms with Gasteiger partial charge in [-0.3, -0.25) is 0 Å². The summed E-state index contributed by atoms with van der Waals surface area (Å²) < 4.78 is 4.99. The average Bonchev–Trinajstić information content (AvgIpc) is 2.63. The summed E-state index contributed by atoms with van der Waals surface area (Å²) in [4.78, 5) is 0. The Kier molecular flexibility index (Phi) is 15.4. The van der Waals surface area contributed by atoms with Gasteiger partial charge in [0.05, 0.1) is 6.61 Å². The molecule has 0 aromatic rings. The summed E-state index contributed by atoms with van der Waals surface area (Å²) in [6.07, 6.45) is 1.04. The molecule has 0 radical (unpaired) electrons. The van der Waals surface area contributed by atoms with Gasteiger partial charge < -0.3 is 9.84 Å². The van der Waals surface area contributed by atoms with E-state index in [2.05, 4.69) is 0 Å². The molecule has 0 aromatic heterocycles. The molecule has 11 heavy (non-hydrogen) atoms. The fourth-order valence-electron chi connectivity index (χ4n) is 0.727. The van der Waals surface area contributed by atoms with Gasteiger partial charge in [0.2, 0.25) is 0 Å². The lowest BCUT2D eigenvalue weighted by molar-refractivity contribution is 0.161. The SMILES string of the molecule is CC.CC.OC[C@@H]1CCOC1. The maximum atomic E-state index is 8.49. The van der Waals surface area contributed by atoms with Gasteiger partial charge in [0.15, 0.2) is 0 Å². The van der Waals surface area contributed by atoms with Crippen molar-refractivity contribution in [2.24, 2.45) is 5.92 Å². The first-order valence-electron chi connectivity index (χ1n) is 4.62. The quantitative estimate of drug-likeness (QED) is 0.639. The molecule has 1 fully saturated rings. The summed E-state index contributed by atoms with van der Waals surface area (Å²) in [7, 11) is 0. The molecular formula is C9H22O2. The van der Waals surface area contributed by atoms with E-state index in [0.717, 1.165) is 19.6 Å². The van der Waals surface area contributed by atoms with Crippen LogP contribution < -0.4 is 0 Å². The van der Waals surface area contributed by atoms with E-state index in [9.17, 15) is 0 Å². The molecule has 0 aromatic carbocycles. The second kappa shape index (κ2) is 12.6. The van der Waals surface area contributed by atoms with Crippen LogP contribution in [0.1, 0.15) is 34.1 Å². The van der Waals surface area contributed by atoms with E-state index in [0.29, 0.717) is 12.5 Å². The zero-order valence-electron chi connectivity index (χ0n) is 8.26. The first-order valence-corrected chi connectivity index (χ1v) is 4.62. The fourth-order valence-corrected chi connectivity index (χ4v) is 0.727. The number of aliphatic hydroxyl groups is 1. The van der Waals surface area contributed by atoms with Crippen LogP contribution >= 0.6 is 0 Å². The predicted octanol–water partition coefficient (Wildman–Crippen LogP) is 2.07. The topological polar surface area (TPSA) is 29.5 Å². The van der Waals surface area contributed by atoms with Crippen LogP contribution in [-0.2, 0) is 4.74 Å². The van der Waals surface area contributed by atoms with Gasteiger partial charge >= 0.3 is 0 Å². The predicted molar refractivity (Wildman–Crippen MR) is 48.7 cm³/mol. The van der Waals surface area contributed by atoms with Gasteiger partial charge in [-0.25, -0.2) is 0 Å². The number of rotatable bonds is 1. The highest BCUT2D eigenvalue weighted by Gasteiger charge is 2.12. The molecule has 0 aliphatic carbocycles. The van der Waals surface area contributed by atoms with Crippen LogP contribution in [0.25, 0.3) is 0 Å². The number of hydrogen-bond donors (Lipinski definition) is 1. The first-order chi connectivity index (χ1) is 5.43. The summed E-state index contributed by atoms with van der Waals surface area (Å²) in [5, 5.41) is 8.49. The minimum atomic E-state index is 0.292. The van der Waals surface area contributed by atoms with Gasteiger partial charge in [-0.1, -0.05) is 27.7 Å². The van der Waals surface area contributed by atoms with Crippen molar-refractivity contribution in [3.05, 3.63) is 0 Å². The van der Waals surface area contributed by atoms with E-state index in [-0.39, 0.29) is 0 Å². The molecule has 0 saturated carbocycles. The Hall–Kier alpha value is -0.0800. The lowest BCUT2D eigenvalue weighted by Gasteiger charge is -1.96. The Morgan fingerprint density at radius 1 is 1.27 bits per heavy atom. The van der Waals surface area contributed by atoms with Crippen molar-refractivity contribution in [1.29, 1.82) is 0 Å². The smallest absolute Gasteiger partial charge is 0.0517 e. The molecular weight excluding hydrogens is 140 g/mol. The Labute approximate surface area is 70.6 Å². The maximum Gasteiger partial charge on any atom is 0.0517 e. The van der Waals surface area contributed by atoms with Crippen LogP contribution in [-0.4, -0.2) is 24.9 Å². The van der Waals surface area contributed by atoms with E-state index < -0.39 is 0 Å². The molecule has 1 N–H and O–H groups in total. The third kappa shape index (κ3) is 7.82. The average molecular weight is 162 g/mol. The van der Waals surface area contributed by atoms with Gasteiger partial charge in [-0.05, 0) is 6.42 Å². The Morgan fingerprint density at radius 3 is 2.00 bits per heavy atom. The molecule has 2 nitrogen and oxygen atoms in total. The zero-order valence-corrected chi connectivity index (χ0v) is 8.26. The van der Waals surface area contributed by atoms with Crippen molar-refractivity contribution in [2.45, 2.75) is 34.1 Å². The summed E-state index contributed by atoms with van der Waals surface area (Å²) >= 11 is 0. The summed E-state index contributed by atoms with van der Waals surface area (Å²) in [6, 6.07) is 0. The van der Waals surface area contributed by atoms with Crippen LogP contribution in [0.5, 0.6) is 0 Å². The molecule has 1 rings (SSSR count). The van der Waals surface area contributed by atoms with Crippen LogP contribution in [0.3, 0.4) is 0 Å². The van der Waals surface area contributed by atoms with E-state index in [1.807, 2.05) is 27.7 Å². The van der Waals surface area contributed by atoms with Crippen molar-refractivity contribution >= 4 is 0 Å². The van der Waals surface area contributed by atoms with E-state index >= 15 is 0 Å². The largest absolute Gasteiger partial charge is 0.396 e. The Bertz CT molecular complexity index is 49.5. The van der Waals surface area contributed by atoms with Gasteiger partial charge in [-0.2, -0.15) is 0 Å². The van der Waals surface area contributed by atoms with Gasteiger partial charge in [0.25, 0.3) is 0 Å². The minimum Gasteiger partial charge on any atom is -0.396 e. The molecule has 0 unspecified atom stereocenters. The number of hydrogen-bond acceptors (Lipinski definition) is 2. The van der Waals surface area contributed by atoms with Gasteiger partial charge in [0, 0.05) is 19.1 Å². The van der Waals surface area contributed by atoms with Crippen molar-refractivity contribution in [3.8, 4) is 0 Å². The van der Waals surface area contributed by atoms with Crippen LogP contribution in [0.4, 0.5) is 0 Å². The third-order valence-corrected chi connectivity index (χ3v) is 1.28. The normalized spacial score (nSPS) is 21.0. The lowest BCUT2D eigenvalue weighted by atomic mass is 10.1. The monoisotopic (exact) mass is 162 g/mol. The maximum absolute atomic E-state index is 8.49. The van der Waals surface area contributed by atoms with Crippen LogP contribution in [0.2, 0.25) is 0 Å². The zero-order chi connectivity index (χ0) is 9.11. The summed E-state index contributed by atoms with van der Waals surface area (Å²) in [5.74, 6) is 0.431. The van der Waals surface area contributed by atoms with Crippen molar-refractivity contribution < 1.29 is 9.84 Å². The van der Waals surface area contributed by atoms with Crippen LogP contribution in [0, 0.1) is 5.92 Å². The Balaban J connectivity index is 0. The molecule has 0 spiro atoms. The molecule has 1 heterocycles. The molecule has 2 heteroatoms. The second-order valence-corrected chi connectivity index (χ2v) is 1.91. The summed E-state index contributed by atoms with van der Waals surface area (Å²) in [6.45, 7) is 9.89. The van der Waals surface area contributed by atoms with Gasteiger partial charge in [-0.15, -0.1) is 0 Å². The molecule has 1 aliphatic rings. The number of aliphatic hydroxyl groups excluding tert-OH is 1. The molecule has 70 valence electrons. The lowest BCUT2D eigenvalue weighted by Crippen LogP contribution is -2.03. The van der Waals surface area contributed by atoms with Crippen molar-refractivity contribution in [2.75, 3.05) is 19.8 Å². The molecule has 0 amide bonds. The molecule has 1 saturated heterocycles. The first kappa shape index (κ1) is 13.5. The standard InChI is InChI=1S/C5H10O2.2C2H6/c6-3-5-1-2-7-4-5;2*1-2/h5-6H,1-4H2;2*1-2H3/t5-;;/m0../s1. The Morgan fingerprint density at radius 2 is 1.82 bits per heavy atom. The second-order valence-electron chi connectivity index (χ2n) is 1.91. The van der Waals surface area contributed by atoms with Crippen LogP contribution in [0.15, 0.2) is 0 Å². The molecule has 0 bridgehead atoms. The fraction of sp³-hybridized carbons (Fsp3) is 1.00. The molecule has 1 aliphatic heterocycles. The van der Waals surface area contributed by atoms with Gasteiger partial charge in [0.1, 0.15) is 0 Å². The summed E-state index contributed by atoms with van der Waals surface area (Å²) in [5.41, 5.74) is 0. The van der Waals surface area contributed by atoms with Crippen molar-refractivity contribution in [3.63, 3.8) is 0 Å². The van der Waals surface area contributed by atoms with E-state index in [4.69, 9.17) is 9.84 Å². The minimum absolute atomic E-state index is 0.292. The van der Waals surface area contributed by atoms with E-state index in [1.54, 1.807) is 0 Å². The highest BCUT2D eigenvalue weighted by atomic mass is 16.5. The molecule has 1 atom stereocenters. The third-order valence-electron chi connectivity index (χ3n) is 1.28. The van der Waals surface area contributed by atoms with E-state index in [1.165, 1.54) is 0 Å². The van der Waals surface area contributed by atoms with Crippen molar-refractivity contribution in [1.82, 2.24) is 0 Å². The number of ether oxygens (including phenoxy) is 1. The highest BCUT2D eigenvalue weighted by molar-refractivity contribution is 4.60. The highest BCUT2D eigenvalue weighted by Crippen LogP contribution is 2.09.